The van der Waals surface area contributed by atoms with Crippen molar-refractivity contribution < 1.29 is 9.59 Å². The van der Waals surface area contributed by atoms with Gasteiger partial charge < -0.3 is 5.73 Å². The van der Waals surface area contributed by atoms with Crippen LogP contribution in [0.1, 0.15) is 26.2 Å². The molecule has 1 aliphatic heterocycles. The predicted molar refractivity (Wildman–Crippen MR) is 66.4 cm³/mol. The van der Waals surface area contributed by atoms with Gasteiger partial charge in [-0.05, 0) is 37.1 Å². The van der Waals surface area contributed by atoms with E-state index in [-0.39, 0.29) is 17.7 Å². The van der Waals surface area contributed by atoms with Crippen molar-refractivity contribution in [2.75, 3.05) is 10.6 Å². The number of nitrogens with two attached hydrogens (primary N) is 1. The van der Waals surface area contributed by atoms with Crippen LogP contribution in [0.3, 0.4) is 0 Å². The molecule has 90 valence electrons. The zero-order valence-corrected chi connectivity index (χ0v) is 9.85. The molecular formula is C13H16N2O2. The van der Waals surface area contributed by atoms with E-state index in [1.165, 1.54) is 4.90 Å². The lowest BCUT2D eigenvalue weighted by atomic mass is 9.93. The molecule has 1 aliphatic rings. The Hall–Kier alpha value is -1.84. The van der Waals surface area contributed by atoms with Crippen LogP contribution < -0.4 is 10.6 Å². The fourth-order valence-corrected chi connectivity index (χ4v) is 2.11. The minimum atomic E-state index is -0.121. The van der Waals surface area contributed by atoms with Gasteiger partial charge in [0.1, 0.15) is 0 Å². The number of benzene rings is 1. The standard InChI is InChI=1S/C13H16N2O2/c1-2-9-3-8-12(16)15(13(9)17)11-6-4-10(14)5-7-11/h4-7,9H,2-3,8,14H2,1H3. The molecule has 1 heterocycles. The summed E-state index contributed by atoms with van der Waals surface area (Å²) in [6, 6.07) is 6.82. The second-order valence-corrected chi connectivity index (χ2v) is 4.30. The summed E-state index contributed by atoms with van der Waals surface area (Å²) in [5.74, 6) is -0.247. The van der Waals surface area contributed by atoms with Gasteiger partial charge in [-0.15, -0.1) is 0 Å². The molecule has 2 N–H and O–H groups in total. The molecular weight excluding hydrogens is 216 g/mol. The van der Waals surface area contributed by atoms with Gasteiger partial charge in [0.2, 0.25) is 11.8 Å². The Labute approximate surface area is 100 Å². The smallest absolute Gasteiger partial charge is 0.236 e. The lowest BCUT2D eigenvalue weighted by Crippen LogP contribution is -2.45. The van der Waals surface area contributed by atoms with Crippen molar-refractivity contribution in [3.8, 4) is 0 Å². The van der Waals surface area contributed by atoms with Gasteiger partial charge in [0.15, 0.2) is 0 Å². The van der Waals surface area contributed by atoms with Crippen molar-refractivity contribution in [3.63, 3.8) is 0 Å². The molecule has 4 heteroatoms. The fourth-order valence-electron chi connectivity index (χ4n) is 2.11. The molecule has 1 aromatic carbocycles. The SMILES string of the molecule is CCC1CCC(=O)N(c2ccc(N)cc2)C1=O. The third kappa shape index (κ3) is 2.16. The summed E-state index contributed by atoms with van der Waals surface area (Å²) in [6.07, 6.45) is 1.88. The lowest BCUT2D eigenvalue weighted by Gasteiger charge is -2.30. The summed E-state index contributed by atoms with van der Waals surface area (Å²) in [5, 5.41) is 0. The number of rotatable bonds is 2. The summed E-state index contributed by atoms with van der Waals surface area (Å²) in [5.41, 5.74) is 6.83. The van der Waals surface area contributed by atoms with E-state index in [1.807, 2.05) is 6.92 Å². The van der Waals surface area contributed by atoms with Crippen LogP contribution >= 0.6 is 0 Å². The molecule has 17 heavy (non-hydrogen) atoms. The average Bonchev–Trinajstić information content (AvgIpc) is 2.32. The average molecular weight is 232 g/mol. The van der Waals surface area contributed by atoms with Crippen LogP contribution in [0.5, 0.6) is 0 Å². The Morgan fingerprint density at radius 2 is 1.94 bits per heavy atom. The zero-order valence-electron chi connectivity index (χ0n) is 9.85. The molecule has 4 nitrogen and oxygen atoms in total. The number of amides is 2. The topological polar surface area (TPSA) is 63.4 Å². The number of carbonyl (C=O) groups excluding carboxylic acids is 2. The first-order chi connectivity index (χ1) is 8.13. The van der Waals surface area contributed by atoms with Crippen molar-refractivity contribution in [2.45, 2.75) is 26.2 Å². The van der Waals surface area contributed by atoms with Crippen LogP contribution in [0.25, 0.3) is 0 Å². The number of piperidine rings is 1. The number of nitrogen functional groups attached to an aromatic ring is 1. The molecule has 0 saturated carbocycles. The summed E-state index contributed by atoms with van der Waals surface area (Å²) in [4.78, 5) is 25.2. The highest BCUT2D eigenvalue weighted by atomic mass is 16.2. The predicted octanol–water partition coefficient (Wildman–Crippen LogP) is 1.95. The number of nitrogens with zero attached hydrogens (tertiary/aromatic N) is 1. The number of hydrogen-bond donors (Lipinski definition) is 1. The minimum Gasteiger partial charge on any atom is -0.399 e. The number of anilines is 2. The molecule has 0 aliphatic carbocycles. The molecule has 0 spiro atoms. The van der Waals surface area contributed by atoms with Gasteiger partial charge in [-0.2, -0.15) is 0 Å². The highest BCUT2D eigenvalue weighted by molar-refractivity contribution is 6.17. The fraction of sp³-hybridized carbons (Fsp3) is 0.385. The van der Waals surface area contributed by atoms with E-state index in [0.29, 0.717) is 24.2 Å². The van der Waals surface area contributed by atoms with Crippen molar-refractivity contribution in [2.24, 2.45) is 5.92 Å². The molecule has 1 unspecified atom stereocenters. The Bertz CT molecular complexity index is 439. The molecule has 2 amide bonds. The number of imide groups is 1. The first kappa shape index (κ1) is 11.6. The van der Waals surface area contributed by atoms with Gasteiger partial charge in [-0.25, -0.2) is 0 Å². The zero-order chi connectivity index (χ0) is 12.4. The van der Waals surface area contributed by atoms with Crippen LogP contribution in [0.15, 0.2) is 24.3 Å². The van der Waals surface area contributed by atoms with Gasteiger partial charge in [0.25, 0.3) is 0 Å². The molecule has 0 radical (unpaired) electrons. The van der Waals surface area contributed by atoms with Gasteiger partial charge in [0.05, 0.1) is 5.69 Å². The summed E-state index contributed by atoms with van der Waals surface area (Å²) in [6.45, 7) is 1.97. The van der Waals surface area contributed by atoms with Crippen molar-refractivity contribution >= 4 is 23.2 Å². The Kier molecular flexibility index (Phi) is 3.13. The quantitative estimate of drug-likeness (QED) is 0.626. The number of hydrogen-bond acceptors (Lipinski definition) is 3. The van der Waals surface area contributed by atoms with E-state index in [4.69, 9.17) is 5.73 Å². The van der Waals surface area contributed by atoms with Crippen LogP contribution in [0.4, 0.5) is 11.4 Å². The van der Waals surface area contributed by atoms with E-state index in [9.17, 15) is 9.59 Å². The van der Waals surface area contributed by atoms with E-state index in [2.05, 4.69) is 0 Å². The van der Waals surface area contributed by atoms with E-state index >= 15 is 0 Å². The second kappa shape index (κ2) is 4.57. The maximum absolute atomic E-state index is 12.1. The molecule has 1 fully saturated rings. The van der Waals surface area contributed by atoms with Gasteiger partial charge >= 0.3 is 0 Å². The monoisotopic (exact) mass is 232 g/mol. The largest absolute Gasteiger partial charge is 0.399 e. The third-order valence-electron chi connectivity index (χ3n) is 3.17. The van der Waals surface area contributed by atoms with Crippen LogP contribution in [0, 0.1) is 5.92 Å². The molecule has 1 atom stereocenters. The molecule has 1 aromatic rings. The van der Waals surface area contributed by atoms with Crippen molar-refractivity contribution in [1.82, 2.24) is 0 Å². The molecule has 1 saturated heterocycles. The normalized spacial score (nSPS) is 20.8. The summed E-state index contributed by atoms with van der Waals surface area (Å²) in [7, 11) is 0. The minimum absolute atomic E-state index is 0.0368. The first-order valence-corrected chi connectivity index (χ1v) is 5.85. The third-order valence-corrected chi connectivity index (χ3v) is 3.17. The van der Waals surface area contributed by atoms with Crippen LogP contribution in [-0.4, -0.2) is 11.8 Å². The Balaban J connectivity index is 2.31. The Morgan fingerprint density at radius 3 is 2.53 bits per heavy atom. The highest BCUT2D eigenvalue weighted by Crippen LogP contribution is 2.27. The first-order valence-electron chi connectivity index (χ1n) is 5.85. The molecule has 0 aromatic heterocycles. The second-order valence-electron chi connectivity index (χ2n) is 4.30. The van der Waals surface area contributed by atoms with Crippen molar-refractivity contribution in [3.05, 3.63) is 24.3 Å². The summed E-state index contributed by atoms with van der Waals surface area (Å²) < 4.78 is 0. The maximum Gasteiger partial charge on any atom is 0.236 e. The number of carbonyl (C=O) groups is 2. The molecule has 2 rings (SSSR count). The van der Waals surface area contributed by atoms with E-state index in [0.717, 1.165) is 6.42 Å². The van der Waals surface area contributed by atoms with E-state index < -0.39 is 0 Å². The van der Waals surface area contributed by atoms with E-state index in [1.54, 1.807) is 24.3 Å². The highest BCUT2D eigenvalue weighted by Gasteiger charge is 2.33. The van der Waals surface area contributed by atoms with Crippen molar-refractivity contribution in [1.29, 1.82) is 0 Å². The lowest BCUT2D eigenvalue weighted by molar-refractivity contribution is -0.132. The molecule has 0 bridgehead atoms. The van der Waals surface area contributed by atoms with Gasteiger partial charge in [-0.1, -0.05) is 6.92 Å². The summed E-state index contributed by atoms with van der Waals surface area (Å²) >= 11 is 0. The Morgan fingerprint density at radius 1 is 1.29 bits per heavy atom. The maximum atomic E-state index is 12.1. The van der Waals surface area contributed by atoms with Crippen LogP contribution in [0.2, 0.25) is 0 Å². The van der Waals surface area contributed by atoms with Crippen LogP contribution in [-0.2, 0) is 9.59 Å². The van der Waals surface area contributed by atoms with Gasteiger partial charge in [-0.3, -0.25) is 14.5 Å². The van der Waals surface area contributed by atoms with Gasteiger partial charge in [0, 0.05) is 18.0 Å².